The maximum atomic E-state index is 12.8. The number of ether oxygens (including phenoxy) is 2. The van der Waals surface area contributed by atoms with Gasteiger partial charge in [-0.15, -0.1) is 11.3 Å². The summed E-state index contributed by atoms with van der Waals surface area (Å²) < 4.78 is 12.4. The van der Waals surface area contributed by atoms with E-state index < -0.39 is 5.91 Å². The van der Waals surface area contributed by atoms with Gasteiger partial charge in [-0.2, -0.15) is 4.99 Å². The molecule has 0 saturated carbocycles. The number of hydrogen-bond donors (Lipinski definition) is 2. The van der Waals surface area contributed by atoms with Crippen molar-refractivity contribution >= 4 is 34.8 Å². The van der Waals surface area contributed by atoms with Gasteiger partial charge in [0.15, 0.2) is 11.5 Å². The molecule has 1 aromatic carbocycles. The highest BCUT2D eigenvalue weighted by atomic mass is 32.1. The normalized spacial score (nSPS) is 14.9. The fourth-order valence-corrected chi connectivity index (χ4v) is 3.89. The average Bonchev–Trinajstić information content (AvgIpc) is 3.24. The van der Waals surface area contributed by atoms with Crippen LogP contribution in [0.5, 0.6) is 5.75 Å². The lowest BCUT2D eigenvalue weighted by molar-refractivity contribution is -0.153. The Bertz CT molecular complexity index is 1040. The number of hydrogen-bond acceptors (Lipinski definition) is 7. The Kier molecular flexibility index (Phi) is 8.18. The van der Waals surface area contributed by atoms with E-state index in [1.165, 1.54) is 18.4 Å². The summed E-state index contributed by atoms with van der Waals surface area (Å²) in [5.74, 6) is -0.824. The Morgan fingerprint density at radius 2 is 2.03 bits per heavy atom. The van der Waals surface area contributed by atoms with Crippen molar-refractivity contribution in [1.29, 1.82) is 0 Å². The topological polar surface area (TPSA) is 111 Å². The van der Waals surface area contributed by atoms with Crippen molar-refractivity contribution in [3.63, 3.8) is 0 Å². The highest BCUT2D eigenvalue weighted by Crippen LogP contribution is 2.24. The fourth-order valence-electron chi connectivity index (χ4n) is 3.17. The zero-order valence-corrected chi connectivity index (χ0v) is 19.2. The third kappa shape index (κ3) is 6.04. The number of nitrogens with one attached hydrogen (secondary N) is 2. The minimum absolute atomic E-state index is 0.00428. The number of esters is 1. The van der Waals surface area contributed by atoms with Gasteiger partial charge in [-0.1, -0.05) is 13.8 Å². The van der Waals surface area contributed by atoms with Crippen molar-refractivity contribution < 1.29 is 23.9 Å². The SMILES string of the molecule is COc1cc(NC(=O)C(C)C)ccc1C(=O)N=c1sccn1COC(=O)C1CCNCC1. The first kappa shape index (κ1) is 23.7. The number of carbonyl (C=O) groups excluding carboxylic acids is 3. The zero-order chi connectivity index (χ0) is 23.1. The van der Waals surface area contributed by atoms with Crippen LogP contribution < -0.4 is 20.2 Å². The molecule has 0 unspecified atom stereocenters. The van der Waals surface area contributed by atoms with Crippen molar-refractivity contribution in [3.8, 4) is 5.75 Å². The Balaban J connectivity index is 1.72. The van der Waals surface area contributed by atoms with Crippen LogP contribution in [0.25, 0.3) is 0 Å². The third-order valence-corrected chi connectivity index (χ3v) is 5.89. The standard InChI is InChI=1S/C22H28N4O5S/c1-14(2)19(27)24-16-4-5-17(18(12-16)30-3)20(28)25-22-26(10-11-32-22)13-31-21(29)15-6-8-23-9-7-15/h4-5,10-12,14-15,23H,6-9,13H2,1-3H3,(H,24,27). The number of nitrogens with zero attached hydrogens (tertiary/aromatic N) is 2. The van der Waals surface area contributed by atoms with Gasteiger partial charge in [0.2, 0.25) is 5.91 Å². The van der Waals surface area contributed by atoms with Gasteiger partial charge in [-0.05, 0) is 38.1 Å². The van der Waals surface area contributed by atoms with E-state index in [-0.39, 0.29) is 36.0 Å². The first-order chi connectivity index (χ1) is 15.4. The smallest absolute Gasteiger partial charge is 0.310 e. The summed E-state index contributed by atoms with van der Waals surface area (Å²) in [5, 5.41) is 7.76. The van der Waals surface area contributed by atoms with Crippen LogP contribution in [0, 0.1) is 11.8 Å². The molecule has 1 aliphatic rings. The summed E-state index contributed by atoms with van der Waals surface area (Å²) >= 11 is 1.26. The van der Waals surface area contributed by atoms with E-state index in [0.717, 1.165) is 25.9 Å². The van der Waals surface area contributed by atoms with Crippen molar-refractivity contribution in [2.45, 2.75) is 33.4 Å². The molecule has 10 heteroatoms. The molecule has 2 heterocycles. The van der Waals surface area contributed by atoms with Crippen LogP contribution in [0.1, 0.15) is 37.0 Å². The summed E-state index contributed by atoms with van der Waals surface area (Å²) in [7, 11) is 1.45. The molecular formula is C22H28N4O5S. The third-order valence-electron chi connectivity index (χ3n) is 5.10. The summed E-state index contributed by atoms with van der Waals surface area (Å²) in [6.45, 7) is 5.20. The summed E-state index contributed by atoms with van der Waals surface area (Å²) in [4.78, 5) is 41.6. The van der Waals surface area contributed by atoms with Gasteiger partial charge in [-0.25, -0.2) is 0 Å². The number of amides is 2. The molecule has 1 saturated heterocycles. The molecule has 1 aromatic heterocycles. The number of methoxy groups -OCH3 is 1. The van der Waals surface area contributed by atoms with E-state index >= 15 is 0 Å². The summed E-state index contributed by atoms with van der Waals surface area (Å²) in [5.41, 5.74) is 0.801. The lowest BCUT2D eigenvalue weighted by Gasteiger charge is -2.20. The maximum Gasteiger partial charge on any atom is 0.310 e. The summed E-state index contributed by atoms with van der Waals surface area (Å²) in [6.07, 6.45) is 3.24. The number of piperidine rings is 1. The van der Waals surface area contributed by atoms with Crippen molar-refractivity contribution in [1.82, 2.24) is 9.88 Å². The second kappa shape index (κ2) is 11.1. The molecule has 2 aromatic rings. The number of thiazole rings is 1. The Hall–Kier alpha value is -2.98. The van der Waals surface area contributed by atoms with Crippen molar-refractivity contribution in [3.05, 3.63) is 40.1 Å². The Morgan fingerprint density at radius 3 is 2.72 bits per heavy atom. The first-order valence-electron chi connectivity index (χ1n) is 10.5. The van der Waals surface area contributed by atoms with Crippen LogP contribution in [-0.2, 0) is 21.1 Å². The number of anilines is 1. The molecular weight excluding hydrogens is 432 g/mol. The zero-order valence-electron chi connectivity index (χ0n) is 18.4. The second-order valence-corrected chi connectivity index (χ2v) is 8.62. The fraction of sp³-hybridized carbons (Fsp3) is 0.455. The number of rotatable bonds is 7. The van der Waals surface area contributed by atoms with Crippen LogP contribution in [0.2, 0.25) is 0 Å². The maximum absolute atomic E-state index is 12.8. The number of benzene rings is 1. The van der Waals surface area contributed by atoms with Gasteiger partial charge in [0.05, 0.1) is 18.6 Å². The minimum atomic E-state index is -0.496. The van der Waals surface area contributed by atoms with Crippen molar-refractivity contribution in [2.24, 2.45) is 16.8 Å². The van der Waals surface area contributed by atoms with E-state index in [1.807, 2.05) is 0 Å². The van der Waals surface area contributed by atoms with Crippen LogP contribution in [0.4, 0.5) is 5.69 Å². The summed E-state index contributed by atoms with van der Waals surface area (Å²) in [6, 6.07) is 4.79. The monoisotopic (exact) mass is 460 g/mol. The molecule has 172 valence electrons. The highest BCUT2D eigenvalue weighted by molar-refractivity contribution is 7.07. The van der Waals surface area contributed by atoms with E-state index in [2.05, 4.69) is 15.6 Å². The largest absolute Gasteiger partial charge is 0.496 e. The lowest BCUT2D eigenvalue weighted by Crippen LogP contribution is -2.33. The minimum Gasteiger partial charge on any atom is -0.496 e. The van der Waals surface area contributed by atoms with Gasteiger partial charge in [-0.3, -0.25) is 19.0 Å². The second-order valence-electron chi connectivity index (χ2n) is 7.75. The Labute approximate surface area is 190 Å². The predicted molar refractivity (Wildman–Crippen MR) is 120 cm³/mol. The number of carbonyl (C=O) groups is 3. The molecule has 0 spiro atoms. The molecule has 0 atom stereocenters. The van der Waals surface area contributed by atoms with Gasteiger partial charge in [0, 0.05) is 29.2 Å². The van der Waals surface area contributed by atoms with Gasteiger partial charge >= 0.3 is 5.97 Å². The molecule has 1 fully saturated rings. The molecule has 32 heavy (non-hydrogen) atoms. The van der Waals surface area contributed by atoms with Crippen LogP contribution >= 0.6 is 11.3 Å². The van der Waals surface area contributed by atoms with Crippen LogP contribution in [0.15, 0.2) is 34.8 Å². The number of aromatic nitrogens is 1. The lowest BCUT2D eigenvalue weighted by atomic mass is 9.99. The van der Waals surface area contributed by atoms with Gasteiger partial charge in [0.1, 0.15) is 5.75 Å². The van der Waals surface area contributed by atoms with Gasteiger partial charge < -0.3 is 20.1 Å². The van der Waals surface area contributed by atoms with E-state index in [9.17, 15) is 14.4 Å². The Morgan fingerprint density at radius 1 is 1.28 bits per heavy atom. The molecule has 2 amide bonds. The highest BCUT2D eigenvalue weighted by Gasteiger charge is 2.22. The first-order valence-corrected chi connectivity index (χ1v) is 11.4. The molecule has 9 nitrogen and oxygen atoms in total. The van der Waals surface area contributed by atoms with Gasteiger partial charge in [0.25, 0.3) is 5.91 Å². The van der Waals surface area contributed by atoms with Crippen LogP contribution in [-0.4, -0.2) is 42.6 Å². The van der Waals surface area contributed by atoms with Crippen LogP contribution in [0.3, 0.4) is 0 Å². The molecule has 2 N–H and O–H groups in total. The molecule has 3 rings (SSSR count). The molecule has 0 radical (unpaired) electrons. The van der Waals surface area contributed by atoms with E-state index in [4.69, 9.17) is 9.47 Å². The molecule has 0 aliphatic carbocycles. The predicted octanol–water partition coefficient (Wildman–Crippen LogP) is 2.39. The molecule has 1 aliphatic heterocycles. The van der Waals surface area contributed by atoms with Crippen molar-refractivity contribution in [2.75, 3.05) is 25.5 Å². The molecule has 0 bridgehead atoms. The quantitative estimate of drug-likeness (QED) is 0.614. The van der Waals surface area contributed by atoms with E-state index in [0.29, 0.717) is 16.2 Å². The average molecular weight is 461 g/mol. The van der Waals surface area contributed by atoms with E-state index in [1.54, 1.807) is 48.2 Å².